The lowest BCUT2D eigenvalue weighted by molar-refractivity contribution is -0.159. The molecule has 0 aromatic heterocycles. The van der Waals surface area contributed by atoms with Crippen LogP contribution in [0.1, 0.15) is 35.7 Å². The number of ether oxygens (including phenoxy) is 1. The van der Waals surface area contributed by atoms with E-state index in [-0.39, 0.29) is 24.0 Å². The van der Waals surface area contributed by atoms with Crippen LogP contribution in [0, 0.1) is 11.8 Å². The molecule has 2 aliphatic rings. The number of carbonyl (C=O) groups is 5. The summed E-state index contributed by atoms with van der Waals surface area (Å²) in [7, 11) is 0. The Morgan fingerprint density at radius 3 is 2.11 bits per heavy atom. The number of amides is 3. The molecule has 8 nitrogen and oxygen atoms in total. The van der Waals surface area contributed by atoms with Gasteiger partial charge in [0.1, 0.15) is 6.04 Å². The van der Waals surface area contributed by atoms with Gasteiger partial charge in [0.15, 0.2) is 12.4 Å². The summed E-state index contributed by atoms with van der Waals surface area (Å²) >= 11 is 0. The van der Waals surface area contributed by atoms with Gasteiger partial charge in [0.2, 0.25) is 11.8 Å². The molecule has 0 bridgehead atoms. The van der Waals surface area contributed by atoms with Gasteiger partial charge < -0.3 is 10.1 Å². The largest absolute Gasteiger partial charge is 0.454 e. The Morgan fingerprint density at radius 1 is 0.943 bits per heavy atom. The molecule has 1 fully saturated rings. The molecule has 1 heterocycles. The number of esters is 1. The number of benzene rings is 2. The second kappa shape index (κ2) is 10.5. The molecule has 0 radical (unpaired) electrons. The molecule has 2 aromatic carbocycles. The summed E-state index contributed by atoms with van der Waals surface area (Å²) in [4.78, 5) is 64.1. The lowest BCUT2D eigenvalue weighted by Gasteiger charge is -2.25. The minimum absolute atomic E-state index is 0.0945. The number of nitrogens with zero attached hydrogens (tertiary/aromatic N) is 1. The molecule has 1 aliphatic carbocycles. The second-order valence-corrected chi connectivity index (χ2v) is 8.70. The number of anilines is 1. The van der Waals surface area contributed by atoms with E-state index in [0.717, 1.165) is 10.5 Å². The number of nitrogens with one attached hydrogen (secondary N) is 1. The molecule has 180 valence electrons. The lowest BCUT2D eigenvalue weighted by Crippen LogP contribution is -2.48. The van der Waals surface area contributed by atoms with Gasteiger partial charge in [-0.15, -0.1) is 0 Å². The Hall–Kier alpha value is -4.07. The highest BCUT2D eigenvalue weighted by Crippen LogP contribution is 2.36. The molecular weight excluding hydrogens is 448 g/mol. The van der Waals surface area contributed by atoms with Crippen LogP contribution in [-0.2, 0) is 30.3 Å². The molecule has 1 aliphatic heterocycles. The molecule has 0 unspecified atom stereocenters. The summed E-state index contributed by atoms with van der Waals surface area (Å²) in [6.07, 6.45) is 4.78. The Balaban J connectivity index is 1.45. The molecule has 0 spiro atoms. The van der Waals surface area contributed by atoms with Gasteiger partial charge in [-0.25, -0.2) is 4.79 Å². The fourth-order valence-electron chi connectivity index (χ4n) is 4.47. The third-order valence-corrected chi connectivity index (χ3v) is 6.32. The van der Waals surface area contributed by atoms with Gasteiger partial charge in [-0.1, -0.05) is 42.5 Å². The number of ketones is 1. The van der Waals surface area contributed by atoms with Crippen LogP contribution < -0.4 is 5.32 Å². The van der Waals surface area contributed by atoms with Crippen LogP contribution in [0.25, 0.3) is 0 Å². The molecule has 1 saturated heterocycles. The maximum atomic E-state index is 13.1. The Kier molecular flexibility index (Phi) is 7.19. The van der Waals surface area contributed by atoms with E-state index < -0.39 is 36.4 Å². The second-order valence-electron chi connectivity index (χ2n) is 8.70. The number of rotatable bonds is 8. The summed E-state index contributed by atoms with van der Waals surface area (Å²) in [6, 6.07) is 14.2. The Morgan fingerprint density at radius 2 is 1.54 bits per heavy atom. The number of Topliss-reactive ketones (excluding diaryl/α,β-unsaturated/α-hetero) is 1. The van der Waals surface area contributed by atoms with Gasteiger partial charge in [0.25, 0.3) is 5.91 Å². The molecule has 8 heteroatoms. The molecule has 0 saturated carbocycles. The van der Waals surface area contributed by atoms with E-state index in [4.69, 9.17) is 4.74 Å². The van der Waals surface area contributed by atoms with Crippen LogP contribution in [0.15, 0.2) is 66.7 Å². The zero-order valence-corrected chi connectivity index (χ0v) is 19.3. The van der Waals surface area contributed by atoms with Gasteiger partial charge in [-0.3, -0.25) is 24.1 Å². The van der Waals surface area contributed by atoms with Crippen molar-refractivity contribution in [3.8, 4) is 0 Å². The van der Waals surface area contributed by atoms with Crippen molar-refractivity contribution in [2.75, 3.05) is 11.9 Å². The van der Waals surface area contributed by atoms with Crippen LogP contribution >= 0.6 is 0 Å². The first-order chi connectivity index (χ1) is 16.8. The van der Waals surface area contributed by atoms with E-state index in [0.29, 0.717) is 24.1 Å². The average molecular weight is 475 g/mol. The first-order valence-electron chi connectivity index (χ1n) is 11.5. The molecule has 3 amide bonds. The van der Waals surface area contributed by atoms with Gasteiger partial charge in [-0.2, -0.15) is 0 Å². The highest BCUT2D eigenvalue weighted by molar-refractivity contribution is 6.08. The van der Waals surface area contributed by atoms with Gasteiger partial charge in [0.05, 0.1) is 11.8 Å². The van der Waals surface area contributed by atoms with Gasteiger partial charge in [0, 0.05) is 17.7 Å². The maximum absolute atomic E-state index is 13.1. The number of likely N-dealkylation sites (tertiary alicyclic amines) is 1. The van der Waals surface area contributed by atoms with E-state index in [1.165, 1.54) is 6.92 Å². The van der Waals surface area contributed by atoms with Crippen molar-refractivity contribution in [3.05, 3.63) is 77.9 Å². The number of hydrogen-bond acceptors (Lipinski definition) is 6. The third-order valence-electron chi connectivity index (χ3n) is 6.32. The number of allylic oxidation sites excluding steroid dienone is 2. The summed E-state index contributed by atoms with van der Waals surface area (Å²) < 4.78 is 5.27. The van der Waals surface area contributed by atoms with Crippen molar-refractivity contribution >= 4 is 35.2 Å². The highest BCUT2D eigenvalue weighted by atomic mass is 16.5. The van der Waals surface area contributed by atoms with Crippen LogP contribution in [0.4, 0.5) is 5.69 Å². The third kappa shape index (κ3) is 5.37. The topological polar surface area (TPSA) is 110 Å². The van der Waals surface area contributed by atoms with E-state index in [2.05, 4.69) is 5.32 Å². The summed E-state index contributed by atoms with van der Waals surface area (Å²) in [6.45, 7) is 0.864. The predicted molar refractivity (Wildman–Crippen MR) is 127 cm³/mol. The Labute approximate surface area is 202 Å². The summed E-state index contributed by atoms with van der Waals surface area (Å²) in [5, 5.41) is 2.60. The molecule has 1 N–H and O–H groups in total. The first-order valence-corrected chi connectivity index (χ1v) is 11.5. The fraction of sp³-hybridized carbons (Fsp3) is 0.296. The van der Waals surface area contributed by atoms with Crippen molar-refractivity contribution in [2.24, 2.45) is 11.8 Å². The number of carbonyl (C=O) groups excluding carboxylic acids is 5. The monoisotopic (exact) mass is 474 g/mol. The molecular formula is C27H26N2O6. The van der Waals surface area contributed by atoms with Crippen LogP contribution in [0.5, 0.6) is 0 Å². The number of hydrogen-bond donors (Lipinski definition) is 1. The van der Waals surface area contributed by atoms with Crippen LogP contribution in [0.3, 0.4) is 0 Å². The smallest absolute Gasteiger partial charge is 0.330 e. The van der Waals surface area contributed by atoms with Crippen molar-refractivity contribution < 1.29 is 28.7 Å². The average Bonchev–Trinajstić information content (AvgIpc) is 3.12. The quantitative estimate of drug-likeness (QED) is 0.273. The van der Waals surface area contributed by atoms with Crippen LogP contribution in [-0.4, -0.2) is 47.0 Å². The standard InChI is InChI=1S/C27H26N2O6/c1-17(30)19-11-13-20(14-12-19)28-24(31)16-35-27(34)23(15-18-7-3-2-4-8-18)29-25(32)21-9-5-6-10-22(21)26(29)33/h2-8,11-14,21-23H,9-10,15-16H2,1H3,(H,28,31)/t21-,22-,23-/m0/s1. The predicted octanol–water partition coefficient (Wildman–Crippen LogP) is 2.93. The van der Waals surface area contributed by atoms with E-state index in [1.54, 1.807) is 48.5 Å². The zero-order chi connectivity index (χ0) is 24.9. The van der Waals surface area contributed by atoms with E-state index in [9.17, 15) is 24.0 Å². The minimum atomic E-state index is -1.16. The molecule has 4 rings (SSSR count). The van der Waals surface area contributed by atoms with Crippen molar-refractivity contribution in [2.45, 2.75) is 32.2 Å². The zero-order valence-electron chi connectivity index (χ0n) is 19.3. The summed E-state index contributed by atoms with van der Waals surface area (Å²) in [5.41, 5.74) is 1.71. The maximum Gasteiger partial charge on any atom is 0.330 e. The molecule has 2 aromatic rings. The number of fused-ring (bicyclic) bond motifs is 1. The van der Waals surface area contributed by atoms with E-state index >= 15 is 0 Å². The van der Waals surface area contributed by atoms with Crippen LogP contribution in [0.2, 0.25) is 0 Å². The highest BCUT2D eigenvalue weighted by Gasteiger charge is 2.51. The summed E-state index contributed by atoms with van der Waals surface area (Å²) in [5.74, 6) is -3.19. The molecule has 3 atom stereocenters. The van der Waals surface area contributed by atoms with Gasteiger partial charge >= 0.3 is 5.97 Å². The fourth-order valence-corrected chi connectivity index (χ4v) is 4.47. The van der Waals surface area contributed by atoms with E-state index in [1.807, 2.05) is 18.2 Å². The SMILES string of the molecule is CC(=O)c1ccc(NC(=O)COC(=O)[C@H](Cc2ccccc2)N2C(=O)[C@H]3CC=CC[C@@H]3C2=O)cc1. The minimum Gasteiger partial charge on any atom is -0.454 e. The van der Waals surface area contributed by atoms with Crippen molar-refractivity contribution in [1.82, 2.24) is 4.90 Å². The van der Waals surface area contributed by atoms with Crippen molar-refractivity contribution in [1.29, 1.82) is 0 Å². The van der Waals surface area contributed by atoms with Crippen molar-refractivity contribution in [3.63, 3.8) is 0 Å². The molecule has 35 heavy (non-hydrogen) atoms. The normalized spacial score (nSPS) is 19.7. The van der Waals surface area contributed by atoms with Gasteiger partial charge in [-0.05, 0) is 49.6 Å². The lowest BCUT2D eigenvalue weighted by atomic mass is 9.85. The Bertz CT molecular complexity index is 1150. The first kappa shape index (κ1) is 24.1. The number of imide groups is 1.